The first-order chi connectivity index (χ1) is 7.74. The van der Waals surface area contributed by atoms with Crippen molar-refractivity contribution < 1.29 is 0 Å². The average Bonchev–Trinajstić information content (AvgIpc) is 2.27. The van der Waals surface area contributed by atoms with Gasteiger partial charge in [-0.1, -0.05) is 13.3 Å². The Bertz CT molecular complexity index is 348. The number of nitrogens with one attached hydrogen (secondary N) is 1. The SMILES string of the molecule is CCNC(C)CCCCn1cnccc1=O. The second kappa shape index (κ2) is 7.17. The van der Waals surface area contributed by atoms with Crippen LogP contribution in [0.5, 0.6) is 0 Å². The number of hydrogen-bond acceptors (Lipinski definition) is 3. The fraction of sp³-hybridized carbons (Fsp3) is 0.667. The lowest BCUT2D eigenvalue weighted by Gasteiger charge is -2.11. The molecule has 0 aliphatic rings. The van der Waals surface area contributed by atoms with Crippen LogP contribution in [0.4, 0.5) is 0 Å². The van der Waals surface area contributed by atoms with Gasteiger partial charge in [0.2, 0.25) is 0 Å². The van der Waals surface area contributed by atoms with Crippen LogP contribution < -0.4 is 10.9 Å². The van der Waals surface area contributed by atoms with Crippen molar-refractivity contribution in [1.82, 2.24) is 14.9 Å². The molecular formula is C12H21N3O. The first kappa shape index (κ1) is 12.9. The van der Waals surface area contributed by atoms with Crippen LogP contribution in [0.15, 0.2) is 23.4 Å². The Morgan fingerprint density at radius 1 is 1.50 bits per heavy atom. The minimum Gasteiger partial charge on any atom is -0.315 e. The smallest absolute Gasteiger partial charge is 0.253 e. The maximum atomic E-state index is 11.4. The van der Waals surface area contributed by atoms with Gasteiger partial charge in [-0.05, 0) is 26.3 Å². The van der Waals surface area contributed by atoms with E-state index in [2.05, 4.69) is 24.1 Å². The van der Waals surface area contributed by atoms with Gasteiger partial charge in [0.05, 0.1) is 6.33 Å². The molecule has 1 rings (SSSR count). The zero-order chi connectivity index (χ0) is 11.8. The third-order valence-corrected chi connectivity index (χ3v) is 2.63. The number of unbranched alkanes of at least 4 members (excludes halogenated alkanes) is 1. The monoisotopic (exact) mass is 223 g/mol. The third-order valence-electron chi connectivity index (χ3n) is 2.63. The molecule has 0 amide bonds. The summed E-state index contributed by atoms with van der Waals surface area (Å²) < 4.78 is 1.66. The molecule has 1 heterocycles. The van der Waals surface area contributed by atoms with Gasteiger partial charge in [0.15, 0.2) is 0 Å². The predicted molar refractivity (Wildman–Crippen MR) is 65.5 cm³/mol. The molecule has 0 aliphatic heterocycles. The Labute approximate surface area is 96.7 Å². The van der Waals surface area contributed by atoms with Crippen LogP contribution in [0.3, 0.4) is 0 Å². The molecule has 90 valence electrons. The fourth-order valence-electron chi connectivity index (χ4n) is 1.73. The molecule has 16 heavy (non-hydrogen) atoms. The molecule has 0 fully saturated rings. The van der Waals surface area contributed by atoms with Gasteiger partial charge in [0, 0.05) is 24.8 Å². The number of nitrogens with zero attached hydrogens (tertiary/aromatic N) is 2. The third kappa shape index (κ3) is 4.57. The molecule has 1 aromatic heterocycles. The largest absolute Gasteiger partial charge is 0.315 e. The summed E-state index contributed by atoms with van der Waals surface area (Å²) in [5.41, 5.74) is 0.0368. The summed E-state index contributed by atoms with van der Waals surface area (Å²) in [6.07, 6.45) is 6.46. The van der Waals surface area contributed by atoms with E-state index in [1.165, 1.54) is 12.3 Å². The molecule has 4 nitrogen and oxygen atoms in total. The quantitative estimate of drug-likeness (QED) is 0.711. The normalized spacial score (nSPS) is 12.6. The van der Waals surface area contributed by atoms with Crippen LogP contribution in [-0.4, -0.2) is 22.1 Å². The molecular weight excluding hydrogens is 202 g/mol. The zero-order valence-electron chi connectivity index (χ0n) is 10.1. The molecule has 4 heteroatoms. The first-order valence-electron chi connectivity index (χ1n) is 5.98. The summed E-state index contributed by atoms with van der Waals surface area (Å²) >= 11 is 0. The molecule has 0 aliphatic carbocycles. The van der Waals surface area contributed by atoms with E-state index in [0.717, 1.165) is 32.4 Å². The molecule has 0 aromatic carbocycles. The van der Waals surface area contributed by atoms with E-state index in [9.17, 15) is 4.79 Å². The van der Waals surface area contributed by atoms with E-state index in [0.29, 0.717) is 6.04 Å². The standard InChI is InChI=1S/C12H21N3O/c1-3-14-11(2)6-4-5-9-15-10-13-8-7-12(15)16/h7-8,10-11,14H,3-6,9H2,1-2H3. The van der Waals surface area contributed by atoms with Gasteiger partial charge < -0.3 is 5.32 Å². The van der Waals surface area contributed by atoms with Crippen molar-refractivity contribution in [3.05, 3.63) is 28.9 Å². The molecule has 1 aromatic rings. The fourth-order valence-corrected chi connectivity index (χ4v) is 1.73. The highest BCUT2D eigenvalue weighted by Gasteiger charge is 1.99. The molecule has 1 N–H and O–H groups in total. The van der Waals surface area contributed by atoms with E-state index in [4.69, 9.17) is 0 Å². The van der Waals surface area contributed by atoms with Crippen molar-refractivity contribution >= 4 is 0 Å². The number of rotatable bonds is 7. The molecule has 0 saturated heterocycles. The van der Waals surface area contributed by atoms with Gasteiger partial charge >= 0.3 is 0 Å². The minimum atomic E-state index is 0.0368. The highest BCUT2D eigenvalue weighted by Crippen LogP contribution is 2.01. The summed E-state index contributed by atoms with van der Waals surface area (Å²) in [7, 11) is 0. The zero-order valence-corrected chi connectivity index (χ0v) is 10.1. The van der Waals surface area contributed by atoms with E-state index in [1.54, 1.807) is 10.9 Å². The molecule has 0 radical (unpaired) electrons. The minimum absolute atomic E-state index is 0.0368. The number of aryl methyl sites for hydroxylation is 1. The van der Waals surface area contributed by atoms with E-state index in [-0.39, 0.29) is 5.56 Å². The number of hydrogen-bond donors (Lipinski definition) is 1. The lowest BCUT2D eigenvalue weighted by atomic mass is 10.1. The number of aromatic nitrogens is 2. The van der Waals surface area contributed by atoms with Crippen molar-refractivity contribution in [3.63, 3.8) is 0 Å². The van der Waals surface area contributed by atoms with Gasteiger partial charge in [0.1, 0.15) is 0 Å². The summed E-state index contributed by atoms with van der Waals surface area (Å²) in [5.74, 6) is 0. The van der Waals surface area contributed by atoms with Crippen LogP contribution >= 0.6 is 0 Å². The van der Waals surface area contributed by atoms with E-state index in [1.807, 2.05) is 0 Å². The second-order valence-corrected chi connectivity index (χ2v) is 4.07. The molecule has 1 atom stereocenters. The molecule has 0 bridgehead atoms. The van der Waals surface area contributed by atoms with Gasteiger partial charge in [-0.15, -0.1) is 0 Å². The Kier molecular flexibility index (Phi) is 5.78. The van der Waals surface area contributed by atoms with Crippen molar-refractivity contribution in [2.75, 3.05) is 6.54 Å². The van der Waals surface area contributed by atoms with Crippen LogP contribution in [0.1, 0.15) is 33.1 Å². The Hall–Kier alpha value is -1.16. The van der Waals surface area contributed by atoms with E-state index >= 15 is 0 Å². The maximum absolute atomic E-state index is 11.4. The summed E-state index contributed by atoms with van der Waals surface area (Å²) in [5, 5.41) is 3.37. The van der Waals surface area contributed by atoms with Crippen LogP contribution in [0.2, 0.25) is 0 Å². The maximum Gasteiger partial charge on any atom is 0.253 e. The van der Waals surface area contributed by atoms with Gasteiger partial charge in [-0.25, -0.2) is 4.98 Å². The topological polar surface area (TPSA) is 46.9 Å². The predicted octanol–water partition coefficient (Wildman–Crippen LogP) is 1.41. The van der Waals surface area contributed by atoms with Gasteiger partial charge in [0.25, 0.3) is 5.56 Å². The second-order valence-electron chi connectivity index (χ2n) is 4.07. The van der Waals surface area contributed by atoms with Crippen LogP contribution in [0, 0.1) is 0 Å². The van der Waals surface area contributed by atoms with Crippen molar-refractivity contribution in [3.8, 4) is 0 Å². The Morgan fingerprint density at radius 3 is 3.00 bits per heavy atom. The average molecular weight is 223 g/mol. The Morgan fingerprint density at radius 2 is 2.31 bits per heavy atom. The molecule has 0 saturated carbocycles. The molecule has 0 spiro atoms. The first-order valence-corrected chi connectivity index (χ1v) is 5.98. The van der Waals surface area contributed by atoms with Crippen LogP contribution in [0.25, 0.3) is 0 Å². The summed E-state index contributed by atoms with van der Waals surface area (Å²) in [6, 6.07) is 2.07. The van der Waals surface area contributed by atoms with Crippen molar-refractivity contribution in [1.29, 1.82) is 0 Å². The summed E-state index contributed by atoms with van der Waals surface area (Å²) in [6.45, 7) is 6.10. The highest BCUT2D eigenvalue weighted by atomic mass is 16.1. The lowest BCUT2D eigenvalue weighted by Crippen LogP contribution is -2.25. The van der Waals surface area contributed by atoms with Crippen molar-refractivity contribution in [2.24, 2.45) is 0 Å². The lowest BCUT2D eigenvalue weighted by molar-refractivity contribution is 0.481. The van der Waals surface area contributed by atoms with Crippen LogP contribution in [-0.2, 0) is 6.54 Å². The summed E-state index contributed by atoms with van der Waals surface area (Å²) in [4.78, 5) is 15.3. The van der Waals surface area contributed by atoms with Gasteiger partial charge in [-0.2, -0.15) is 0 Å². The molecule has 1 unspecified atom stereocenters. The Balaban J connectivity index is 2.21. The van der Waals surface area contributed by atoms with E-state index < -0.39 is 0 Å². The van der Waals surface area contributed by atoms with Gasteiger partial charge in [-0.3, -0.25) is 9.36 Å². The highest BCUT2D eigenvalue weighted by molar-refractivity contribution is 4.81. The van der Waals surface area contributed by atoms with Crippen molar-refractivity contribution in [2.45, 2.75) is 45.7 Å².